The highest BCUT2D eigenvalue weighted by Crippen LogP contribution is 2.25. The Hall–Kier alpha value is -2.66. The van der Waals surface area contributed by atoms with Gasteiger partial charge in [0.15, 0.2) is 0 Å². The van der Waals surface area contributed by atoms with Gasteiger partial charge in [-0.25, -0.2) is 4.52 Å². The number of benzene rings is 2. The van der Waals surface area contributed by atoms with Gasteiger partial charge in [-0.3, -0.25) is 0 Å². The average Bonchev–Trinajstić information content (AvgIpc) is 2.92. The lowest BCUT2D eigenvalue weighted by atomic mass is 10.1. The molecule has 102 valence electrons. The lowest BCUT2D eigenvalue weighted by Gasteiger charge is -2.03. The lowest BCUT2D eigenvalue weighted by molar-refractivity contribution is -0.640. The molecule has 0 unspecified atom stereocenters. The summed E-state index contributed by atoms with van der Waals surface area (Å²) in [5.41, 5.74) is 3.33. The number of rotatable bonds is 1. The summed E-state index contributed by atoms with van der Waals surface area (Å²) < 4.78 is 1.64. The molecule has 0 saturated heterocycles. The third-order valence-corrected chi connectivity index (χ3v) is 3.62. The number of halogens is 1. The van der Waals surface area contributed by atoms with E-state index in [0.29, 0.717) is 26.5 Å². The summed E-state index contributed by atoms with van der Waals surface area (Å²) in [6.07, 6.45) is 1.71. The molecule has 21 heavy (non-hydrogen) atoms. The van der Waals surface area contributed by atoms with Crippen molar-refractivity contribution in [2.24, 2.45) is 0 Å². The Morgan fingerprint density at radius 2 is 1.90 bits per heavy atom. The van der Waals surface area contributed by atoms with Gasteiger partial charge >= 0.3 is 0 Å². The highest BCUT2D eigenvalue weighted by Gasteiger charge is 2.17. The highest BCUT2D eigenvalue weighted by atomic mass is 35.5. The molecule has 0 atom stereocenters. The molecule has 0 bridgehead atoms. The fourth-order valence-electron chi connectivity index (χ4n) is 2.40. The molecule has 0 aliphatic heterocycles. The van der Waals surface area contributed by atoms with Crippen molar-refractivity contribution in [2.75, 3.05) is 0 Å². The van der Waals surface area contributed by atoms with Gasteiger partial charge in [0.1, 0.15) is 5.52 Å². The van der Waals surface area contributed by atoms with Crippen molar-refractivity contribution in [2.45, 2.75) is 0 Å². The van der Waals surface area contributed by atoms with Crippen LogP contribution in [0, 0.1) is 5.21 Å². The second-order valence-electron chi connectivity index (χ2n) is 4.67. The molecule has 2 aromatic heterocycles. The monoisotopic (exact) mass is 296 g/mol. The van der Waals surface area contributed by atoms with E-state index < -0.39 is 0 Å². The number of nitrogens with zero attached hydrogens (tertiary/aromatic N) is 4. The number of fused-ring (bicyclic) bond motifs is 3. The SMILES string of the molecule is [O-][n+]1nc2c(-c3ccccc3)cnn2c2cc(Cl)ccc21. The molecule has 2 heterocycles. The largest absolute Gasteiger partial charge is 0.594 e. The Morgan fingerprint density at radius 3 is 2.71 bits per heavy atom. The normalized spacial score (nSPS) is 11.3. The molecular formula is C15H9ClN4O. The summed E-state index contributed by atoms with van der Waals surface area (Å²) in [7, 11) is 0. The first-order chi connectivity index (χ1) is 10.2. The predicted octanol–water partition coefficient (Wildman–Crippen LogP) is 2.84. The second kappa shape index (κ2) is 4.43. The molecule has 5 nitrogen and oxygen atoms in total. The van der Waals surface area contributed by atoms with Gasteiger partial charge < -0.3 is 5.21 Å². The van der Waals surface area contributed by atoms with Gasteiger partial charge in [-0.05, 0) is 22.5 Å². The van der Waals surface area contributed by atoms with Crippen LogP contribution in [0.25, 0.3) is 27.8 Å². The first kappa shape index (κ1) is 12.1. The Balaban J connectivity index is 2.12. The van der Waals surface area contributed by atoms with Crippen LogP contribution in [0.5, 0.6) is 0 Å². The molecule has 0 aliphatic rings. The van der Waals surface area contributed by atoms with Crippen LogP contribution in [0.1, 0.15) is 0 Å². The number of hydrogen-bond acceptors (Lipinski definition) is 3. The van der Waals surface area contributed by atoms with E-state index in [1.807, 2.05) is 30.3 Å². The van der Waals surface area contributed by atoms with Gasteiger partial charge in [0, 0.05) is 16.2 Å². The van der Waals surface area contributed by atoms with Crippen LogP contribution in [0.3, 0.4) is 0 Å². The van der Waals surface area contributed by atoms with Crippen LogP contribution >= 0.6 is 11.6 Å². The van der Waals surface area contributed by atoms with E-state index in [-0.39, 0.29) is 0 Å². The van der Waals surface area contributed by atoms with Crippen LogP contribution in [0.4, 0.5) is 0 Å². The van der Waals surface area contributed by atoms with E-state index in [2.05, 4.69) is 10.2 Å². The molecule has 4 rings (SSSR count). The van der Waals surface area contributed by atoms with Crippen molar-refractivity contribution in [3.63, 3.8) is 0 Å². The summed E-state index contributed by atoms with van der Waals surface area (Å²) in [4.78, 5) is 0.606. The van der Waals surface area contributed by atoms with Crippen molar-refractivity contribution >= 4 is 28.3 Å². The Bertz CT molecular complexity index is 966. The van der Waals surface area contributed by atoms with Crippen LogP contribution < -0.4 is 4.85 Å². The summed E-state index contributed by atoms with van der Waals surface area (Å²) in [6, 6.07) is 14.7. The van der Waals surface area contributed by atoms with E-state index in [1.54, 1.807) is 28.9 Å². The smallest absolute Gasteiger partial charge is 0.270 e. The Kier molecular flexibility index (Phi) is 2.55. The summed E-state index contributed by atoms with van der Waals surface area (Å²) in [5, 5.41) is 21.1. The van der Waals surface area contributed by atoms with Gasteiger partial charge in [-0.15, -0.1) is 0 Å². The fraction of sp³-hybridized carbons (Fsp3) is 0. The van der Waals surface area contributed by atoms with Gasteiger partial charge in [0.25, 0.3) is 5.52 Å². The van der Waals surface area contributed by atoms with E-state index in [1.165, 1.54) is 0 Å². The first-order valence-electron chi connectivity index (χ1n) is 6.36. The number of aromatic nitrogens is 4. The van der Waals surface area contributed by atoms with Crippen LogP contribution in [0.2, 0.25) is 5.02 Å². The van der Waals surface area contributed by atoms with E-state index in [0.717, 1.165) is 11.1 Å². The molecule has 0 radical (unpaired) electrons. The molecule has 0 fully saturated rings. The standard InChI is InChI=1S/C15H9ClN4O/c16-11-6-7-13-14(8-11)19-15(18-20(13)21)12(9-17-19)10-4-2-1-3-5-10/h1-9H. The quantitative estimate of drug-likeness (QED) is 0.401. The molecule has 6 heteroatoms. The summed E-state index contributed by atoms with van der Waals surface area (Å²) in [6.45, 7) is 0. The average molecular weight is 297 g/mol. The minimum absolute atomic E-state index is 0.426. The van der Waals surface area contributed by atoms with Crippen LogP contribution in [0.15, 0.2) is 54.7 Å². The molecule has 0 saturated carbocycles. The van der Waals surface area contributed by atoms with E-state index in [4.69, 9.17) is 11.6 Å². The Labute approximate surface area is 124 Å². The molecule has 2 aromatic carbocycles. The number of hydrogen-bond donors (Lipinski definition) is 0. The molecule has 4 aromatic rings. The van der Waals surface area contributed by atoms with Crippen molar-refractivity contribution in [3.8, 4) is 11.1 Å². The van der Waals surface area contributed by atoms with Crippen LogP contribution in [-0.4, -0.2) is 14.7 Å². The van der Waals surface area contributed by atoms with Gasteiger partial charge in [-0.1, -0.05) is 41.9 Å². The fourth-order valence-corrected chi connectivity index (χ4v) is 2.57. The maximum Gasteiger partial charge on any atom is 0.270 e. The zero-order valence-corrected chi connectivity index (χ0v) is 11.5. The first-order valence-corrected chi connectivity index (χ1v) is 6.74. The second-order valence-corrected chi connectivity index (χ2v) is 5.10. The van der Waals surface area contributed by atoms with Gasteiger partial charge in [0.2, 0.25) is 5.65 Å². The topological polar surface area (TPSA) is 57.1 Å². The van der Waals surface area contributed by atoms with Crippen molar-refractivity contribution < 1.29 is 4.85 Å². The maximum atomic E-state index is 12.1. The van der Waals surface area contributed by atoms with Crippen LogP contribution in [-0.2, 0) is 0 Å². The minimum atomic E-state index is 0.426. The summed E-state index contributed by atoms with van der Waals surface area (Å²) in [5.74, 6) is 0. The zero-order valence-electron chi connectivity index (χ0n) is 10.8. The zero-order chi connectivity index (χ0) is 14.4. The highest BCUT2D eigenvalue weighted by molar-refractivity contribution is 6.31. The van der Waals surface area contributed by atoms with Gasteiger partial charge in [-0.2, -0.15) is 5.10 Å². The molecular weight excluding hydrogens is 288 g/mol. The lowest BCUT2D eigenvalue weighted by Crippen LogP contribution is -2.33. The molecule has 0 N–H and O–H groups in total. The van der Waals surface area contributed by atoms with Crippen molar-refractivity contribution in [3.05, 3.63) is 65.0 Å². The van der Waals surface area contributed by atoms with Crippen molar-refractivity contribution in [1.29, 1.82) is 0 Å². The maximum absolute atomic E-state index is 12.1. The predicted molar refractivity (Wildman–Crippen MR) is 79.9 cm³/mol. The molecule has 0 aliphatic carbocycles. The minimum Gasteiger partial charge on any atom is -0.594 e. The Morgan fingerprint density at radius 1 is 1.10 bits per heavy atom. The third-order valence-electron chi connectivity index (χ3n) is 3.39. The third kappa shape index (κ3) is 1.82. The molecule has 0 spiro atoms. The van der Waals surface area contributed by atoms with E-state index >= 15 is 0 Å². The summed E-state index contributed by atoms with van der Waals surface area (Å²) >= 11 is 6.02. The van der Waals surface area contributed by atoms with E-state index in [9.17, 15) is 5.21 Å². The van der Waals surface area contributed by atoms with Crippen molar-refractivity contribution in [1.82, 2.24) is 14.7 Å². The van der Waals surface area contributed by atoms with Gasteiger partial charge in [0.05, 0.1) is 11.8 Å². The molecule has 0 amide bonds.